The maximum atomic E-state index is 12.6. The van der Waals surface area contributed by atoms with Crippen LogP contribution in [-0.2, 0) is 9.47 Å². The van der Waals surface area contributed by atoms with Gasteiger partial charge in [-0.05, 0) is 25.3 Å². The molecular weight excluding hydrogens is 294 g/mol. The molecule has 3 heterocycles. The van der Waals surface area contributed by atoms with Crippen molar-refractivity contribution in [2.75, 3.05) is 39.9 Å². The summed E-state index contributed by atoms with van der Waals surface area (Å²) in [6.07, 6.45) is 2.16. The molecule has 0 aromatic heterocycles. The second-order valence-corrected chi connectivity index (χ2v) is 8.26. The molecule has 0 bridgehead atoms. The van der Waals surface area contributed by atoms with E-state index in [4.69, 9.17) is 9.47 Å². The van der Waals surface area contributed by atoms with Crippen molar-refractivity contribution in [3.8, 4) is 0 Å². The SMILES string of the molecule is CN1CCOC2CN(C(=O)NC3CCOC(C(C)(C)C)C3)CC21. The molecule has 3 fully saturated rings. The normalized spacial score (nSPS) is 35.9. The Bertz CT molecular complexity index is 437. The summed E-state index contributed by atoms with van der Waals surface area (Å²) in [5, 5.41) is 3.22. The summed E-state index contributed by atoms with van der Waals surface area (Å²) >= 11 is 0. The monoisotopic (exact) mass is 325 g/mol. The second-order valence-electron chi connectivity index (χ2n) is 8.26. The van der Waals surface area contributed by atoms with Crippen molar-refractivity contribution in [2.24, 2.45) is 5.41 Å². The third-order valence-electron chi connectivity index (χ3n) is 5.44. The zero-order valence-electron chi connectivity index (χ0n) is 14.9. The van der Waals surface area contributed by atoms with Crippen molar-refractivity contribution in [3.05, 3.63) is 0 Å². The van der Waals surface area contributed by atoms with Crippen LogP contribution in [0, 0.1) is 5.41 Å². The predicted molar refractivity (Wildman–Crippen MR) is 88.5 cm³/mol. The molecule has 4 atom stereocenters. The van der Waals surface area contributed by atoms with Gasteiger partial charge in [0.1, 0.15) is 0 Å². The Kier molecular flexibility index (Phi) is 4.85. The fourth-order valence-corrected chi connectivity index (χ4v) is 3.82. The molecular formula is C17H31N3O3. The Morgan fingerprint density at radius 2 is 1.96 bits per heavy atom. The van der Waals surface area contributed by atoms with E-state index in [0.717, 1.165) is 39.1 Å². The van der Waals surface area contributed by atoms with Crippen LogP contribution in [0.4, 0.5) is 4.79 Å². The fraction of sp³-hybridized carbons (Fsp3) is 0.941. The number of amides is 2. The third-order valence-corrected chi connectivity index (χ3v) is 5.44. The summed E-state index contributed by atoms with van der Waals surface area (Å²) in [4.78, 5) is 16.8. The Morgan fingerprint density at radius 1 is 1.17 bits per heavy atom. The van der Waals surface area contributed by atoms with E-state index in [0.29, 0.717) is 12.6 Å². The van der Waals surface area contributed by atoms with Gasteiger partial charge in [0.05, 0.1) is 31.4 Å². The van der Waals surface area contributed by atoms with Crippen LogP contribution < -0.4 is 5.32 Å². The topological polar surface area (TPSA) is 54.0 Å². The van der Waals surface area contributed by atoms with Gasteiger partial charge in [0.2, 0.25) is 0 Å². The third kappa shape index (κ3) is 3.80. The number of morpholine rings is 1. The molecule has 3 rings (SSSR count). The molecule has 132 valence electrons. The first-order valence-corrected chi connectivity index (χ1v) is 8.83. The summed E-state index contributed by atoms with van der Waals surface area (Å²) in [5.74, 6) is 0. The van der Waals surface area contributed by atoms with E-state index in [1.807, 2.05) is 4.90 Å². The molecule has 0 aliphatic carbocycles. The Balaban J connectivity index is 1.53. The molecule has 2 amide bonds. The molecule has 3 aliphatic rings. The first kappa shape index (κ1) is 17.0. The standard InChI is InChI=1S/C17H31N3O3/c1-17(2,3)15-9-12(5-7-23-15)18-16(21)20-10-13-14(11-20)22-8-6-19(13)4/h12-15H,5-11H2,1-4H3,(H,18,21). The number of nitrogens with zero attached hydrogens (tertiary/aromatic N) is 2. The van der Waals surface area contributed by atoms with Gasteiger partial charge >= 0.3 is 6.03 Å². The van der Waals surface area contributed by atoms with Gasteiger partial charge in [-0.2, -0.15) is 0 Å². The van der Waals surface area contributed by atoms with Crippen LogP contribution in [0.15, 0.2) is 0 Å². The number of likely N-dealkylation sites (tertiary alicyclic amines) is 1. The largest absolute Gasteiger partial charge is 0.378 e. The summed E-state index contributed by atoms with van der Waals surface area (Å²) < 4.78 is 11.7. The van der Waals surface area contributed by atoms with Crippen LogP contribution in [-0.4, -0.2) is 80.0 Å². The number of likely N-dealkylation sites (N-methyl/N-ethyl adjacent to an activating group) is 1. The Hall–Kier alpha value is -0.850. The minimum absolute atomic E-state index is 0.0518. The van der Waals surface area contributed by atoms with Crippen LogP contribution in [0.2, 0.25) is 0 Å². The summed E-state index contributed by atoms with van der Waals surface area (Å²) in [6, 6.07) is 0.601. The zero-order valence-corrected chi connectivity index (χ0v) is 14.9. The molecule has 0 radical (unpaired) electrons. The fourth-order valence-electron chi connectivity index (χ4n) is 3.82. The number of ether oxygens (including phenoxy) is 2. The van der Waals surface area contributed by atoms with Crippen molar-refractivity contribution >= 4 is 6.03 Å². The molecule has 23 heavy (non-hydrogen) atoms. The van der Waals surface area contributed by atoms with E-state index in [2.05, 4.69) is 38.0 Å². The first-order chi connectivity index (χ1) is 10.8. The van der Waals surface area contributed by atoms with Crippen LogP contribution in [0.1, 0.15) is 33.6 Å². The number of carbonyl (C=O) groups excluding carboxylic acids is 1. The van der Waals surface area contributed by atoms with Crippen LogP contribution in [0.3, 0.4) is 0 Å². The van der Waals surface area contributed by atoms with E-state index in [9.17, 15) is 4.79 Å². The number of hydrogen-bond donors (Lipinski definition) is 1. The highest BCUT2D eigenvalue weighted by Gasteiger charge is 2.41. The number of carbonyl (C=O) groups is 1. The van der Waals surface area contributed by atoms with Crippen molar-refractivity contribution in [1.82, 2.24) is 15.1 Å². The number of nitrogens with one attached hydrogen (secondary N) is 1. The Labute approximate surface area is 139 Å². The Morgan fingerprint density at radius 3 is 2.65 bits per heavy atom. The lowest BCUT2D eigenvalue weighted by Gasteiger charge is -2.38. The summed E-state index contributed by atoms with van der Waals surface area (Å²) in [7, 11) is 2.12. The molecule has 3 aliphatic heterocycles. The van der Waals surface area contributed by atoms with Crippen molar-refractivity contribution in [1.29, 1.82) is 0 Å². The second kappa shape index (κ2) is 6.57. The average Bonchev–Trinajstić information content (AvgIpc) is 2.92. The lowest BCUT2D eigenvalue weighted by atomic mass is 9.83. The minimum atomic E-state index is 0.0518. The summed E-state index contributed by atoms with van der Waals surface area (Å²) in [5.41, 5.74) is 0.114. The maximum absolute atomic E-state index is 12.6. The lowest BCUT2D eigenvalue weighted by Crippen LogP contribution is -2.50. The highest BCUT2D eigenvalue weighted by Crippen LogP contribution is 2.30. The highest BCUT2D eigenvalue weighted by atomic mass is 16.5. The molecule has 6 nitrogen and oxygen atoms in total. The van der Waals surface area contributed by atoms with Gasteiger partial charge in [0.25, 0.3) is 0 Å². The quantitative estimate of drug-likeness (QED) is 0.790. The molecule has 0 saturated carbocycles. The van der Waals surface area contributed by atoms with Gasteiger partial charge in [-0.25, -0.2) is 4.79 Å². The zero-order chi connectivity index (χ0) is 16.6. The van der Waals surface area contributed by atoms with E-state index >= 15 is 0 Å². The van der Waals surface area contributed by atoms with Gasteiger partial charge in [-0.15, -0.1) is 0 Å². The molecule has 0 aromatic carbocycles. The van der Waals surface area contributed by atoms with E-state index in [1.54, 1.807) is 0 Å². The smallest absolute Gasteiger partial charge is 0.317 e. The number of rotatable bonds is 1. The number of hydrogen-bond acceptors (Lipinski definition) is 4. The van der Waals surface area contributed by atoms with Gasteiger partial charge < -0.3 is 19.7 Å². The minimum Gasteiger partial charge on any atom is -0.378 e. The van der Waals surface area contributed by atoms with Crippen LogP contribution in [0.25, 0.3) is 0 Å². The van der Waals surface area contributed by atoms with Gasteiger partial charge in [-0.1, -0.05) is 20.8 Å². The van der Waals surface area contributed by atoms with Crippen LogP contribution >= 0.6 is 0 Å². The molecule has 0 spiro atoms. The van der Waals surface area contributed by atoms with Crippen LogP contribution in [0.5, 0.6) is 0 Å². The van der Waals surface area contributed by atoms with Crippen molar-refractivity contribution in [2.45, 2.75) is 57.9 Å². The van der Waals surface area contributed by atoms with Crippen molar-refractivity contribution in [3.63, 3.8) is 0 Å². The first-order valence-electron chi connectivity index (χ1n) is 8.83. The molecule has 4 unspecified atom stereocenters. The van der Waals surface area contributed by atoms with Crippen molar-refractivity contribution < 1.29 is 14.3 Å². The highest BCUT2D eigenvalue weighted by molar-refractivity contribution is 5.75. The average molecular weight is 325 g/mol. The van der Waals surface area contributed by atoms with Gasteiger partial charge in [-0.3, -0.25) is 4.90 Å². The molecule has 1 N–H and O–H groups in total. The lowest BCUT2D eigenvalue weighted by molar-refractivity contribution is -0.0569. The number of fused-ring (bicyclic) bond motifs is 1. The molecule has 0 aromatic rings. The summed E-state index contributed by atoms with van der Waals surface area (Å²) in [6.45, 7) is 10.5. The maximum Gasteiger partial charge on any atom is 0.317 e. The molecule has 3 saturated heterocycles. The van der Waals surface area contributed by atoms with Gasteiger partial charge in [0, 0.05) is 25.7 Å². The van der Waals surface area contributed by atoms with E-state index in [1.165, 1.54) is 0 Å². The molecule has 6 heteroatoms. The van der Waals surface area contributed by atoms with E-state index in [-0.39, 0.29) is 29.7 Å². The number of urea groups is 1. The van der Waals surface area contributed by atoms with E-state index < -0.39 is 0 Å². The van der Waals surface area contributed by atoms with Gasteiger partial charge in [0.15, 0.2) is 0 Å². The predicted octanol–water partition coefficient (Wildman–Crippen LogP) is 1.30.